The summed E-state index contributed by atoms with van der Waals surface area (Å²) in [6, 6.07) is 3.78. The molecule has 0 bridgehead atoms. The molecule has 1 aliphatic carbocycles. The fourth-order valence-electron chi connectivity index (χ4n) is 2.97. The SMILES string of the molecule is CCCCOc1ncccc1CNC(=O)COC1CCCC(C)C1. The van der Waals surface area contributed by atoms with E-state index in [4.69, 9.17) is 9.47 Å². The maximum atomic E-state index is 12.0. The topological polar surface area (TPSA) is 60.5 Å². The summed E-state index contributed by atoms with van der Waals surface area (Å²) in [6.07, 6.45) is 8.61. The van der Waals surface area contributed by atoms with E-state index in [-0.39, 0.29) is 18.6 Å². The molecule has 0 spiro atoms. The Balaban J connectivity index is 1.73. The third kappa shape index (κ3) is 6.48. The van der Waals surface area contributed by atoms with Crippen LogP contribution in [-0.4, -0.2) is 30.2 Å². The number of carbonyl (C=O) groups is 1. The monoisotopic (exact) mass is 334 g/mol. The molecule has 5 heteroatoms. The average molecular weight is 334 g/mol. The Labute approximate surface area is 145 Å². The number of hydrogen-bond acceptors (Lipinski definition) is 4. The van der Waals surface area contributed by atoms with Crippen LogP contribution in [0.25, 0.3) is 0 Å². The van der Waals surface area contributed by atoms with Crippen molar-refractivity contribution >= 4 is 5.91 Å². The second-order valence-corrected chi connectivity index (χ2v) is 6.65. The van der Waals surface area contributed by atoms with Crippen LogP contribution in [0.3, 0.4) is 0 Å². The van der Waals surface area contributed by atoms with Crippen LogP contribution in [-0.2, 0) is 16.1 Å². The van der Waals surface area contributed by atoms with E-state index >= 15 is 0 Å². The Morgan fingerprint density at radius 2 is 2.29 bits per heavy atom. The van der Waals surface area contributed by atoms with Gasteiger partial charge in [-0.1, -0.05) is 39.2 Å². The summed E-state index contributed by atoms with van der Waals surface area (Å²) in [6.45, 7) is 5.56. The molecule has 0 aliphatic heterocycles. The van der Waals surface area contributed by atoms with Gasteiger partial charge < -0.3 is 14.8 Å². The molecule has 1 fully saturated rings. The van der Waals surface area contributed by atoms with E-state index in [2.05, 4.69) is 24.1 Å². The quantitative estimate of drug-likeness (QED) is 0.703. The number of nitrogens with one attached hydrogen (secondary N) is 1. The largest absolute Gasteiger partial charge is 0.477 e. The zero-order valence-electron chi connectivity index (χ0n) is 14.9. The number of amides is 1. The normalized spacial score (nSPS) is 20.6. The minimum Gasteiger partial charge on any atom is -0.477 e. The smallest absolute Gasteiger partial charge is 0.246 e. The van der Waals surface area contributed by atoms with Gasteiger partial charge in [-0.15, -0.1) is 0 Å². The van der Waals surface area contributed by atoms with Crippen LogP contribution >= 0.6 is 0 Å². The van der Waals surface area contributed by atoms with Crippen LogP contribution in [0.2, 0.25) is 0 Å². The van der Waals surface area contributed by atoms with Crippen molar-refractivity contribution in [2.24, 2.45) is 5.92 Å². The molecule has 1 saturated carbocycles. The molecular weight excluding hydrogens is 304 g/mol. The molecule has 0 aromatic carbocycles. The van der Waals surface area contributed by atoms with Gasteiger partial charge >= 0.3 is 0 Å². The maximum Gasteiger partial charge on any atom is 0.246 e. The highest BCUT2D eigenvalue weighted by Gasteiger charge is 2.20. The van der Waals surface area contributed by atoms with E-state index in [0.717, 1.165) is 31.2 Å². The molecule has 2 atom stereocenters. The third-order valence-corrected chi connectivity index (χ3v) is 4.40. The number of hydrogen-bond donors (Lipinski definition) is 1. The Bertz CT molecular complexity index is 507. The van der Waals surface area contributed by atoms with Crippen LogP contribution in [0.5, 0.6) is 5.88 Å². The first-order valence-corrected chi connectivity index (χ1v) is 9.14. The summed E-state index contributed by atoms with van der Waals surface area (Å²) in [7, 11) is 0. The molecule has 24 heavy (non-hydrogen) atoms. The van der Waals surface area contributed by atoms with Crippen molar-refractivity contribution in [3.8, 4) is 5.88 Å². The van der Waals surface area contributed by atoms with Crippen LogP contribution in [0.4, 0.5) is 0 Å². The van der Waals surface area contributed by atoms with Crippen LogP contribution < -0.4 is 10.1 Å². The second-order valence-electron chi connectivity index (χ2n) is 6.65. The van der Waals surface area contributed by atoms with Gasteiger partial charge in [0.25, 0.3) is 0 Å². The van der Waals surface area contributed by atoms with Gasteiger partial charge in [0.15, 0.2) is 0 Å². The Kier molecular flexibility index (Phi) is 8.02. The molecule has 134 valence electrons. The standard InChI is InChI=1S/C19H30N2O3/c1-3-4-11-23-19-16(8-6-10-20-19)13-21-18(22)14-24-17-9-5-7-15(2)12-17/h6,8,10,15,17H,3-5,7,9,11-14H2,1-2H3,(H,21,22). The summed E-state index contributed by atoms with van der Waals surface area (Å²) in [5.41, 5.74) is 0.897. The summed E-state index contributed by atoms with van der Waals surface area (Å²) in [5, 5.41) is 2.90. The van der Waals surface area contributed by atoms with Crippen LogP contribution in [0.1, 0.15) is 57.9 Å². The lowest BCUT2D eigenvalue weighted by atomic mass is 9.89. The molecule has 1 aromatic rings. The van der Waals surface area contributed by atoms with Crippen molar-refractivity contribution in [1.29, 1.82) is 0 Å². The van der Waals surface area contributed by atoms with Crippen LogP contribution in [0, 0.1) is 5.92 Å². The van der Waals surface area contributed by atoms with Crippen molar-refractivity contribution in [2.75, 3.05) is 13.2 Å². The zero-order chi connectivity index (χ0) is 17.2. The van der Waals surface area contributed by atoms with E-state index < -0.39 is 0 Å². The molecule has 0 radical (unpaired) electrons. The van der Waals surface area contributed by atoms with Gasteiger partial charge in [-0.25, -0.2) is 4.98 Å². The van der Waals surface area contributed by atoms with Gasteiger partial charge in [-0.3, -0.25) is 4.79 Å². The molecule has 1 N–H and O–H groups in total. The Morgan fingerprint density at radius 3 is 3.08 bits per heavy atom. The number of rotatable bonds is 9. The summed E-state index contributed by atoms with van der Waals surface area (Å²) < 4.78 is 11.4. The van der Waals surface area contributed by atoms with E-state index in [1.807, 2.05) is 12.1 Å². The fourth-order valence-corrected chi connectivity index (χ4v) is 2.97. The number of carbonyl (C=O) groups excluding carboxylic acids is 1. The maximum absolute atomic E-state index is 12.0. The Morgan fingerprint density at radius 1 is 1.42 bits per heavy atom. The number of aromatic nitrogens is 1. The van der Waals surface area contributed by atoms with Gasteiger partial charge in [0, 0.05) is 18.3 Å². The molecule has 1 amide bonds. The van der Waals surface area contributed by atoms with Crippen molar-refractivity contribution in [3.63, 3.8) is 0 Å². The van der Waals surface area contributed by atoms with Crippen molar-refractivity contribution < 1.29 is 14.3 Å². The predicted molar refractivity (Wildman–Crippen MR) is 93.9 cm³/mol. The minimum atomic E-state index is -0.0865. The van der Waals surface area contributed by atoms with Crippen molar-refractivity contribution in [3.05, 3.63) is 23.9 Å². The van der Waals surface area contributed by atoms with Gasteiger partial charge in [-0.05, 0) is 31.2 Å². The Hall–Kier alpha value is -1.62. The van der Waals surface area contributed by atoms with Gasteiger partial charge in [-0.2, -0.15) is 0 Å². The van der Waals surface area contributed by atoms with Gasteiger partial charge in [0.05, 0.1) is 12.7 Å². The second kappa shape index (κ2) is 10.3. The molecule has 1 heterocycles. The van der Waals surface area contributed by atoms with Gasteiger partial charge in [0.2, 0.25) is 11.8 Å². The summed E-state index contributed by atoms with van der Waals surface area (Å²) in [5.74, 6) is 1.22. The third-order valence-electron chi connectivity index (χ3n) is 4.40. The molecule has 1 aromatic heterocycles. The van der Waals surface area contributed by atoms with E-state index in [1.54, 1.807) is 6.20 Å². The van der Waals surface area contributed by atoms with E-state index in [0.29, 0.717) is 24.9 Å². The van der Waals surface area contributed by atoms with Crippen molar-refractivity contribution in [2.45, 2.75) is 65.0 Å². The summed E-state index contributed by atoms with van der Waals surface area (Å²) >= 11 is 0. The molecule has 1 aliphatic rings. The minimum absolute atomic E-state index is 0.0865. The first kappa shape index (κ1) is 18.7. The summed E-state index contributed by atoms with van der Waals surface area (Å²) in [4.78, 5) is 16.3. The van der Waals surface area contributed by atoms with Crippen molar-refractivity contribution in [1.82, 2.24) is 10.3 Å². The first-order valence-electron chi connectivity index (χ1n) is 9.14. The van der Waals surface area contributed by atoms with E-state index in [1.165, 1.54) is 12.8 Å². The number of pyridine rings is 1. The average Bonchev–Trinajstić information content (AvgIpc) is 2.59. The predicted octanol–water partition coefficient (Wildman–Crippen LogP) is 3.47. The molecular formula is C19H30N2O3. The molecule has 2 unspecified atom stereocenters. The van der Waals surface area contributed by atoms with Crippen LogP contribution in [0.15, 0.2) is 18.3 Å². The number of unbranched alkanes of at least 4 members (excludes halogenated alkanes) is 1. The first-order chi connectivity index (χ1) is 11.7. The zero-order valence-corrected chi connectivity index (χ0v) is 14.9. The highest BCUT2D eigenvalue weighted by Crippen LogP contribution is 2.25. The van der Waals surface area contributed by atoms with E-state index in [9.17, 15) is 4.79 Å². The molecule has 2 rings (SSSR count). The lowest BCUT2D eigenvalue weighted by Gasteiger charge is -2.26. The lowest BCUT2D eigenvalue weighted by molar-refractivity contribution is -0.128. The highest BCUT2D eigenvalue weighted by molar-refractivity contribution is 5.77. The highest BCUT2D eigenvalue weighted by atomic mass is 16.5. The molecule has 5 nitrogen and oxygen atoms in total. The number of nitrogens with zero attached hydrogens (tertiary/aromatic N) is 1. The lowest BCUT2D eigenvalue weighted by Crippen LogP contribution is -2.31. The number of ether oxygens (including phenoxy) is 2. The molecule has 0 saturated heterocycles. The fraction of sp³-hybridized carbons (Fsp3) is 0.684. The van der Waals surface area contributed by atoms with Gasteiger partial charge in [0.1, 0.15) is 6.61 Å².